The highest BCUT2D eigenvalue weighted by atomic mass is 35.5. The fraction of sp³-hybridized carbons (Fsp3) is 0.278. The average Bonchev–Trinajstić information content (AvgIpc) is 2.57. The van der Waals surface area contributed by atoms with Gasteiger partial charge >= 0.3 is 0 Å². The number of benzene rings is 2. The molecule has 0 radical (unpaired) electrons. The van der Waals surface area contributed by atoms with Gasteiger partial charge in [0.2, 0.25) is 0 Å². The van der Waals surface area contributed by atoms with Gasteiger partial charge < -0.3 is 4.90 Å². The zero-order valence-corrected chi connectivity index (χ0v) is 13.8. The smallest absolute Gasteiger partial charge is 0.258 e. The van der Waals surface area contributed by atoms with E-state index in [2.05, 4.69) is 4.90 Å². The molecule has 6 heteroatoms. The maximum atomic E-state index is 13.9. The molecular weight excluding hydrogens is 334 g/mol. The minimum absolute atomic E-state index is 0.0817. The Kier molecular flexibility index (Phi) is 5.11. The van der Waals surface area contributed by atoms with Crippen molar-refractivity contribution in [3.8, 4) is 0 Å². The molecule has 24 heavy (non-hydrogen) atoms. The summed E-state index contributed by atoms with van der Waals surface area (Å²) in [7, 11) is 0. The topological polar surface area (TPSA) is 23.6 Å². The second kappa shape index (κ2) is 7.28. The first kappa shape index (κ1) is 16.9. The number of nitrogens with zero attached hydrogens (tertiary/aromatic N) is 2. The lowest BCUT2D eigenvalue weighted by Gasteiger charge is -2.35. The molecule has 0 saturated carbocycles. The highest BCUT2D eigenvalue weighted by Gasteiger charge is 2.26. The van der Waals surface area contributed by atoms with E-state index in [0.29, 0.717) is 38.3 Å². The Balaban J connectivity index is 1.63. The zero-order valence-electron chi connectivity index (χ0n) is 13.0. The third-order valence-electron chi connectivity index (χ3n) is 4.19. The number of hydrogen-bond acceptors (Lipinski definition) is 2. The summed E-state index contributed by atoms with van der Waals surface area (Å²) >= 11 is 5.96. The Bertz CT molecular complexity index is 725. The van der Waals surface area contributed by atoms with Crippen molar-refractivity contribution in [2.45, 2.75) is 6.54 Å². The van der Waals surface area contributed by atoms with Gasteiger partial charge in [0.1, 0.15) is 11.6 Å². The number of rotatable bonds is 3. The van der Waals surface area contributed by atoms with E-state index in [1.165, 1.54) is 24.3 Å². The summed E-state index contributed by atoms with van der Waals surface area (Å²) in [5, 5.41) is 0.119. The number of hydrogen-bond donors (Lipinski definition) is 0. The number of halogens is 3. The van der Waals surface area contributed by atoms with E-state index in [0.717, 1.165) is 0 Å². The first-order chi connectivity index (χ1) is 11.6. The van der Waals surface area contributed by atoms with Crippen LogP contribution in [0.25, 0.3) is 0 Å². The van der Waals surface area contributed by atoms with Crippen LogP contribution in [-0.4, -0.2) is 41.9 Å². The van der Waals surface area contributed by atoms with E-state index in [1.54, 1.807) is 23.1 Å². The number of carbonyl (C=O) groups excluding carboxylic acids is 1. The van der Waals surface area contributed by atoms with Crippen molar-refractivity contribution in [3.05, 3.63) is 70.2 Å². The minimum Gasteiger partial charge on any atom is -0.336 e. The Morgan fingerprint density at radius 2 is 1.62 bits per heavy atom. The third-order valence-corrected chi connectivity index (χ3v) is 4.50. The van der Waals surface area contributed by atoms with Gasteiger partial charge in [0.15, 0.2) is 0 Å². The predicted molar refractivity (Wildman–Crippen MR) is 89.0 cm³/mol. The first-order valence-corrected chi connectivity index (χ1v) is 8.13. The van der Waals surface area contributed by atoms with Gasteiger partial charge in [-0.15, -0.1) is 0 Å². The SMILES string of the molecule is O=C(c1c(F)cccc1Cl)N1CCN(Cc2ccccc2F)CC1. The molecule has 0 aliphatic carbocycles. The van der Waals surface area contributed by atoms with Gasteiger partial charge in [-0.05, 0) is 18.2 Å². The van der Waals surface area contributed by atoms with E-state index >= 15 is 0 Å². The van der Waals surface area contributed by atoms with E-state index in [9.17, 15) is 13.6 Å². The van der Waals surface area contributed by atoms with Gasteiger partial charge in [-0.1, -0.05) is 35.9 Å². The molecule has 1 heterocycles. The molecule has 0 spiro atoms. The van der Waals surface area contributed by atoms with Crippen molar-refractivity contribution < 1.29 is 13.6 Å². The largest absolute Gasteiger partial charge is 0.336 e. The lowest BCUT2D eigenvalue weighted by molar-refractivity contribution is 0.0622. The van der Waals surface area contributed by atoms with E-state index in [4.69, 9.17) is 11.6 Å². The van der Waals surface area contributed by atoms with Crippen LogP contribution in [0.2, 0.25) is 5.02 Å². The molecule has 3 nitrogen and oxygen atoms in total. The molecule has 3 rings (SSSR count). The van der Waals surface area contributed by atoms with Crippen LogP contribution in [0.15, 0.2) is 42.5 Å². The molecule has 0 bridgehead atoms. The number of carbonyl (C=O) groups is 1. The molecule has 1 aliphatic rings. The summed E-state index contributed by atoms with van der Waals surface area (Å²) < 4.78 is 27.6. The molecular formula is C18H17ClF2N2O. The van der Waals surface area contributed by atoms with Crippen LogP contribution < -0.4 is 0 Å². The van der Waals surface area contributed by atoms with Crippen LogP contribution in [0.5, 0.6) is 0 Å². The van der Waals surface area contributed by atoms with Crippen LogP contribution in [0, 0.1) is 11.6 Å². The number of piperazine rings is 1. The predicted octanol–water partition coefficient (Wildman–Crippen LogP) is 3.58. The van der Waals surface area contributed by atoms with Gasteiger partial charge in [0.05, 0.1) is 10.6 Å². The van der Waals surface area contributed by atoms with E-state index in [-0.39, 0.29) is 16.4 Å². The van der Waals surface area contributed by atoms with Crippen molar-refractivity contribution in [2.75, 3.05) is 26.2 Å². The Morgan fingerprint density at radius 3 is 2.29 bits per heavy atom. The molecule has 1 saturated heterocycles. The van der Waals surface area contributed by atoms with Crippen molar-refractivity contribution >= 4 is 17.5 Å². The summed E-state index contributed by atoms with van der Waals surface area (Å²) in [6.07, 6.45) is 0. The molecule has 2 aromatic rings. The minimum atomic E-state index is -0.610. The zero-order chi connectivity index (χ0) is 17.1. The molecule has 2 aromatic carbocycles. The van der Waals surface area contributed by atoms with Crippen molar-refractivity contribution in [1.82, 2.24) is 9.80 Å². The van der Waals surface area contributed by atoms with Crippen molar-refractivity contribution in [3.63, 3.8) is 0 Å². The monoisotopic (exact) mass is 350 g/mol. The quantitative estimate of drug-likeness (QED) is 0.844. The first-order valence-electron chi connectivity index (χ1n) is 7.75. The molecule has 126 valence electrons. The molecule has 1 amide bonds. The second-order valence-electron chi connectivity index (χ2n) is 5.76. The van der Waals surface area contributed by atoms with Gasteiger partial charge in [-0.2, -0.15) is 0 Å². The maximum absolute atomic E-state index is 13.9. The Morgan fingerprint density at radius 1 is 0.958 bits per heavy atom. The Hall–Kier alpha value is -1.98. The maximum Gasteiger partial charge on any atom is 0.258 e. The fourth-order valence-corrected chi connectivity index (χ4v) is 3.08. The fourth-order valence-electron chi connectivity index (χ4n) is 2.84. The van der Waals surface area contributed by atoms with Gasteiger partial charge in [-0.3, -0.25) is 9.69 Å². The van der Waals surface area contributed by atoms with Gasteiger partial charge in [0, 0.05) is 38.3 Å². The highest BCUT2D eigenvalue weighted by molar-refractivity contribution is 6.33. The van der Waals surface area contributed by atoms with Gasteiger partial charge in [-0.25, -0.2) is 8.78 Å². The van der Waals surface area contributed by atoms with E-state index < -0.39 is 11.7 Å². The van der Waals surface area contributed by atoms with Crippen molar-refractivity contribution in [2.24, 2.45) is 0 Å². The lowest BCUT2D eigenvalue weighted by Crippen LogP contribution is -2.48. The molecule has 0 unspecified atom stereocenters. The van der Waals surface area contributed by atoms with Crippen LogP contribution in [0.1, 0.15) is 15.9 Å². The van der Waals surface area contributed by atoms with Crippen LogP contribution in [0.3, 0.4) is 0 Å². The standard InChI is InChI=1S/C18H17ClF2N2O/c19-14-5-3-7-16(21)17(14)18(24)23-10-8-22(9-11-23)12-13-4-1-2-6-15(13)20/h1-7H,8-12H2. The van der Waals surface area contributed by atoms with Crippen LogP contribution in [-0.2, 0) is 6.54 Å². The molecule has 1 fully saturated rings. The van der Waals surface area contributed by atoms with Crippen molar-refractivity contribution in [1.29, 1.82) is 0 Å². The average molecular weight is 351 g/mol. The normalized spacial score (nSPS) is 15.5. The summed E-state index contributed by atoms with van der Waals surface area (Å²) in [6, 6.07) is 10.9. The van der Waals surface area contributed by atoms with Gasteiger partial charge in [0.25, 0.3) is 5.91 Å². The highest BCUT2D eigenvalue weighted by Crippen LogP contribution is 2.22. The summed E-state index contributed by atoms with van der Waals surface area (Å²) in [4.78, 5) is 16.1. The molecule has 0 N–H and O–H groups in total. The second-order valence-corrected chi connectivity index (χ2v) is 6.16. The third kappa shape index (κ3) is 3.57. The Labute approximate surface area is 144 Å². The number of amides is 1. The summed E-state index contributed by atoms with van der Waals surface area (Å²) in [5.74, 6) is -1.24. The van der Waals surface area contributed by atoms with E-state index in [1.807, 2.05) is 0 Å². The molecule has 0 aromatic heterocycles. The summed E-state index contributed by atoms with van der Waals surface area (Å²) in [5.41, 5.74) is 0.552. The summed E-state index contributed by atoms with van der Waals surface area (Å²) in [6.45, 7) is 2.61. The van der Waals surface area contributed by atoms with Crippen LogP contribution >= 0.6 is 11.6 Å². The molecule has 1 aliphatic heterocycles. The molecule has 0 atom stereocenters. The lowest BCUT2D eigenvalue weighted by atomic mass is 10.1. The van der Waals surface area contributed by atoms with Crippen LogP contribution in [0.4, 0.5) is 8.78 Å².